The van der Waals surface area contributed by atoms with Gasteiger partial charge in [-0.1, -0.05) is 44.2 Å². The Hall–Kier alpha value is -0.870. The molecule has 6 nitrogen and oxygen atoms in total. The first-order valence-corrected chi connectivity index (χ1v) is 12.0. The lowest BCUT2D eigenvalue weighted by Crippen LogP contribution is -2.57. The molecule has 1 aliphatic heterocycles. The molecule has 8 heteroatoms. The van der Waals surface area contributed by atoms with Gasteiger partial charge in [-0.3, -0.25) is 9.89 Å². The second-order valence-electron chi connectivity index (χ2n) is 7.84. The first-order valence-electron chi connectivity index (χ1n) is 10.3. The molecule has 0 aliphatic carbocycles. The van der Waals surface area contributed by atoms with Crippen molar-refractivity contribution in [2.45, 2.75) is 45.4 Å². The maximum absolute atomic E-state index is 12.4. The summed E-state index contributed by atoms with van der Waals surface area (Å²) in [7, 11) is -3.07. The molecule has 0 bridgehead atoms. The summed E-state index contributed by atoms with van der Waals surface area (Å²) in [6.45, 7) is 14.2. The number of nitrogens with one attached hydrogen (secondary N) is 1. The molecule has 0 saturated carbocycles. The topological polar surface area (TPSA) is 65.0 Å². The van der Waals surface area contributed by atoms with Crippen LogP contribution in [0.2, 0.25) is 0 Å². The van der Waals surface area contributed by atoms with Crippen LogP contribution in [0, 0.1) is 0 Å². The molecule has 1 aliphatic rings. The highest BCUT2D eigenvalue weighted by Gasteiger charge is 2.41. The molecule has 1 saturated heterocycles. The molecule has 1 fully saturated rings. The van der Waals surface area contributed by atoms with E-state index in [9.17, 15) is 8.42 Å². The Morgan fingerprint density at radius 3 is 2.34 bits per heavy atom. The largest absolute Gasteiger partial charge is 0.357 e. The number of halogens is 1. The first kappa shape index (κ1) is 26.2. The fraction of sp³-hybridized carbons (Fsp3) is 0.667. The quantitative estimate of drug-likeness (QED) is 0.330. The van der Waals surface area contributed by atoms with Crippen molar-refractivity contribution < 1.29 is 8.42 Å². The number of nitrogens with zero attached hydrogens (tertiary/aromatic N) is 3. The lowest BCUT2D eigenvalue weighted by atomic mass is 10.1. The van der Waals surface area contributed by atoms with Crippen molar-refractivity contribution >= 4 is 39.8 Å². The average Bonchev–Trinajstić information content (AvgIpc) is 2.67. The zero-order chi connectivity index (χ0) is 20.8. The Labute approximate surface area is 194 Å². The maximum Gasteiger partial charge on any atom is 0.194 e. The predicted octanol–water partition coefficient (Wildman–Crippen LogP) is 3.16. The van der Waals surface area contributed by atoms with Crippen LogP contribution in [0.15, 0.2) is 35.3 Å². The third-order valence-corrected chi connectivity index (χ3v) is 8.06. The van der Waals surface area contributed by atoms with Crippen LogP contribution in [-0.2, 0) is 9.84 Å². The number of hydrogen-bond donors (Lipinski definition) is 1. The third-order valence-electron chi connectivity index (χ3n) is 5.53. The van der Waals surface area contributed by atoms with Gasteiger partial charge < -0.3 is 10.2 Å². The number of rotatable bonds is 7. The van der Waals surface area contributed by atoms with Crippen molar-refractivity contribution in [2.24, 2.45) is 4.99 Å². The Morgan fingerprint density at radius 2 is 1.83 bits per heavy atom. The van der Waals surface area contributed by atoms with Crippen molar-refractivity contribution in [3.8, 4) is 0 Å². The molecule has 2 rings (SSSR count). The minimum Gasteiger partial charge on any atom is -0.357 e. The van der Waals surface area contributed by atoms with Gasteiger partial charge in [0, 0.05) is 19.6 Å². The predicted molar refractivity (Wildman–Crippen MR) is 133 cm³/mol. The lowest BCUT2D eigenvalue weighted by molar-refractivity contribution is 0.223. The normalized spacial score (nSPS) is 19.5. The van der Waals surface area contributed by atoms with Crippen LogP contribution in [0.4, 0.5) is 0 Å². The molecule has 1 aromatic rings. The van der Waals surface area contributed by atoms with Crippen LogP contribution in [0.1, 0.15) is 46.2 Å². The summed E-state index contributed by atoms with van der Waals surface area (Å²) in [4.78, 5) is 9.44. The van der Waals surface area contributed by atoms with E-state index in [0.29, 0.717) is 19.6 Å². The number of aliphatic imine (C=N–C) groups is 1. The van der Waals surface area contributed by atoms with Crippen molar-refractivity contribution in [1.82, 2.24) is 15.1 Å². The molecule has 166 valence electrons. The van der Waals surface area contributed by atoms with Gasteiger partial charge in [-0.25, -0.2) is 8.42 Å². The van der Waals surface area contributed by atoms with Crippen LogP contribution in [0.5, 0.6) is 0 Å². The smallest absolute Gasteiger partial charge is 0.194 e. The van der Waals surface area contributed by atoms with Gasteiger partial charge in [0.25, 0.3) is 0 Å². The van der Waals surface area contributed by atoms with Crippen LogP contribution in [0.3, 0.4) is 0 Å². The molecular formula is C21H37IN4O2S. The molecule has 1 aromatic carbocycles. The summed E-state index contributed by atoms with van der Waals surface area (Å²) in [5.41, 5.74) is 1.26. The molecule has 1 unspecified atom stereocenters. The third kappa shape index (κ3) is 6.55. The van der Waals surface area contributed by atoms with Gasteiger partial charge in [-0.05, 0) is 39.4 Å². The van der Waals surface area contributed by atoms with Gasteiger partial charge in [0.05, 0.1) is 23.1 Å². The molecule has 0 radical (unpaired) electrons. The van der Waals surface area contributed by atoms with Crippen LogP contribution in [0.25, 0.3) is 0 Å². The molecule has 0 amide bonds. The average molecular weight is 537 g/mol. The van der Waals surface area contributed by atoms with Crippen molar-refractivity contribution in [1.29, 1.82) is 0 Å². The van der Waals surface area contributed by atoms with E-state index in [-0.39, 0.29) is 35.8 Å². The standard InChI is InChI=1S/C21H36N4O2S.HI/c1-6-22-20(25-14-15-28(26,27)21(4,5)17-25)23-16-19(24(7-2)8-3)18-12-10-9-11-13-18;/h9-13,19H,6-8,14-17H2,1-5H3,(H,22,23);1H. The number of likely N-dealkylation sites (N-methyl/N-ethyl adjacent to an activating group) is 1. The Kier molecular flexibility index (Phi) is 10.4. The van der Waals surface area contributed by atoms with Gasteiger partial charge in [0.2, 0.25) is 0 Å². The van der Waals surface area contributed by atoms with E-state index in [1.165, 1.54) is 5.56 Å². The number of sulfone groups is 1. The van der Waals surface area contributed by atoms with E-state index < -0.39 is 14.6 Å². The Balaban J connectivity index is 0.00000420. The van der Waals surface area contributed by atoms with Gasteiger partial charge in [-0.15, -0.1) is 24.0 Å². The monoisotopic (exact) mass is 536 g/mol. The Morgan fingerprint density at radius 1 is 1.21 bits per heavy atom. The second kappa shape index (κ2) is 11.5. The Bertz CT molecular complexity index is 749. The molecule has 0 aromatic heterocycles. The minimum atomic E-state index is -3.07. The number of hydrogen-bond acceptors (Lipinski definition) is 4. The number of benzene rings is 1. The highest BCUT2D eigenvalue weighted by Crippen LogP contribution is 2.25. The summed E-state index contributed by atoms with van der Waals surface area (Å²) in [6.07, 6.45) is 0. The van der Waals surface area contributed by atoms with Gasteiger partial charge in [0.1, 0.15) is 0 Å². The van der Waals surface area contributed by atoms with Crippen molar-refractivity contribution in [3.05, 3.63) is 35.9 Å². The summed E-state index contributed by atoms with van der Waals surface area (Å²) in [5.74, 6) is 0.973. The highest BCUT2D eigenvalue weighted by molar-refractivity contribution is 14.0. The van der Waals surface area contributed by atoms with E-state index in [2.05, 4.69) is 53.2 Å². The molecule has 0 spiro atoms. The molecule has 1 N–H and O–H groups in total. The van der Waals surface area contributed by atoms with E-state index in [0.717, 1.165) is 25.6 Å². The van der Waals surface area contributed by atoms with Crippen LogP contribution < -0.4 is 5.32 Å². The summed E-state index contributed by atoms with van der Waals surface area (Å²) in [6, 6.07) is 10.7. The number of guanidine groups is 1. The maximum atomic E-state index is 12.4. The van der Waals surface area contributed by atoms with Gasteiger partial charge in [0.15, 0.2) is 15.8 Å². The van der Waals surface area contributed by atoms with Crippen LogP contribution >= 0.6 is 24.0 Å². The zero-order valence-corrected chi connectivity index (χ0v) is 21.5. The molecule has 1 atom stereocenters. The second-order valence-corrected chi connectivity index (χ2v) is 10.6. The van der Waals surface area contributed by atoms with Crippen LogP contribution in [-0.4, -0.2) is 73.9 Å². The summed E-state index contributed by atoms with van der Waals surface area (Å²) in [5, 5.41) is 3.36. The van der Waals surface area contributed by atoms with E-state index in [1.54, 1.807) is 13.8 Å². The SMILES string of the molecule is CCNC(=NCC(c1ccccc1)N(CC)CC)N1CCS(=O)(=O)C(C)(C)C1.I. The van der Waals surface area contributed by atoms with Gasteiger partial charge >= 0.3 is 0 Å². The lowest BCUT2D eigenvalue weighted by Gasteiger charge is -2.39. The minimum absolute atomic E-state index is 0. The molecule has 29 heavy (non-hydrogen) atoms. The van der Waals surface area contributed by atoms with E-state index in [4.69, 9.17) is 4.99 Å². The summed E-state index contributed by atoms with van der Waals surface area (Å²) < 4.78 is 23.9. The first-order chi connectivity index (χ1) is 13.3. The van der Waals surface area contributed by atoms with Crippen molar-refractivity contribution in [3.63, 3.8) is 0 Å². The van der Waals surface area contributed by atoms with Crippen molar-refractivity contribution in [2.75, 3.05) is 45.0 Å². The highest BCUT2D eigenvalue weighted by atomic mass is 127. The van der Waals surface area contributed by atoms with E-state index in [1.807, 2.05) is 13.0 Å². The van der Waals surface area contributed by atoms with E-state index >= 15 is 0 Å². The fourth-order valence-corrected chi connectivity index (χ4v) is 5.06. The zero-order valence-electron chi connectivity index (χ0n) is 18.4. The molecule has 1 heterocycles. The fourth-order valence-electron chi connectivity index (χ4n) is 3.69. The summed E-state index contributed by atoms with van der Waals surface area (Å²) >= 11 is 0. The molecular weight excluding hydrogens is 499 g/mol. The van der Waals surface area contributed by atoms with Gasteiger partial charge in [-0.2, -0.15) is 0 Å².